The first kappa shape index (κ1) is 10.8. The van der Waals surface area contributed by atoms with E-state index in [0.717, 1.165) is 4.90 Å². The number of fused-ring (bicyclic) bond motifs is 1. The first-order valence-corrected chi connectivity index (χ1v) is 5.46. The maximum absolute atomic E-state index is 11.9. The highest BCUT2D eigenvalue weighted by molar-refractivity contribution is 6.02. The summed E-state index contributed by atoms with van der Waals surface area (Å²) in [5, 5.41) is 0. The lowest BCUT2D eigenvalue weighted by molar-refractivity contribution is -0.125. The van der Waals surface area contributed by atoms with E-state index in [4.69, 9.17) is 4.74 Å². The summed E-state index contributed by atoms with van der Waals surface area (Å²) in [4.78, 5) is 37.2. The van der Waals surface area contributed by atoms with Crippen molar-refractivity contribution in [1.29, 1.82) is 0 Å². The molecule has 2 heterocycles. The van der Waals surface area contributed by atoms with E-state index in [1.165, 1.54) is 11.9 Å². The van der Waals surface area contributed by atoms with Gasteiger partial charge >= 0.3 is 12.0 Å². The second-order valence-electron chi connectivity index (χ2n) is 4.21. The van der Waals surface area contributed by atoms with Gasteiger partial charge in [0.2, 0.25) is 12.1 Å². The number of nitrogens with zero attached hydrogens (tertiary/aromatic N) is 2. The molecule has 0 unspecified atom stereocenters. The smallest absolute Gasteiger partial charge is 0.340 e. The Kier molecular flexibility index (Phi) is 2.13. The van der Waals surface area contributed by atoms with E-state index < -0.39 is 18.2 Å². The van der Waals surface area contributed by atoms with Crippen LogP contribution in [0.5, 0.6) is 0 Å². The molecule has 1 atom stereocenters. The van der Waals surface area contributed by atoms with E-state index >= 15 is 0 Å². The number of hydrogen-bond acceptors (Lipinski definition) is 4. The van der Waals surface area contributed by atoms with Crippen LogP contribution in [0.1, 0.15) is 22.1 Å². The molecule has 3 rings (SSSR count). The number of carbonyl (C=O) groups is 3. The Morgan fingerprint density at radius 2 is 1.94 bits per heavy atom. The molecule has 0 spiro atoms. The van der Waals surface area contributed by atoms with Gasteiger partial charge in [0.15, 0.2) is 0 Å². The number of amides is 3. The number of esters is 1. The molecular formula is C12H10N2O4. The molecule has 0 saturated carbocycles. The summed E-state index contributed by atoms with van der Waals surface area (Å²) in [7, 11) is 1.41. The van der Waals surface area contributed by atoms with Gasteiger partial charge < -0.3 is 4.74 Å². The van der Waals surface area contributed by atoms with Crippen LogP contribution < -0.4 is 0 Å². The van der Waals surface area contributed by atoms with E-state index in [-0.39, 0.29) is 12.5 Å². The number of likely N-dealkylation sites (N-methyl/N-ethyl adjacent to an activating group) is 1. The summed E-state index contributed by atoms with van der Waals surface area (Å²) < 4.78 is 5.17. The Hall–Kier alpha value is -2.37. The predicted octanol–water partition coefficient (Wildman–Crippen LogP) is 0.750. The fourth-order valence-corrected chi connectivity index (χ4v) is 2.16. The van der Waals surface area contributed by atoms with Crippen LogP contribution in [0.2, 0.25) is 0 Å². The lowest BCUT2D eigenvalue weighted by atomic mass is 10.1. The third-order valence-electron chi connectivity index (χ3n) is 3.16. The van der Waals surface area contributed by atoms with Gasteiger partial charge in [-0.15, -0.1) is 0 Å². The van der Waals surface area contributed by atoms with Crippen molar-refractivity contribution in [2.75, 3.05) is 13.6 Å². The molecule has 1 saturated heterocycles. The molecule has 2 aliphatic heterocycles. The Morgan fingerprint density at radius 3 is 2.61 bits per heavy atom. The van der Waals surface area contributed by atoms with Crippen LogP contribution in [0, 0.1) is 0 Å². The van der Waals surface area contributed by atoms with Crippen LogP contribution in [0.3, 0.4) is 0 Å². The second-order valence-corrected chi connectivity index (χ2v) is 4.21. The molecule has 0 radical (unpaired) electrons. The van der Waals surface area contributed by atoms with Crippen LogP contribution in [0.25, 0.3) is 0 Å². The van der Waals surface area contributed by atoms with Crippen LogP contribution in [0.4, 0.5) is 4.79 Å². The van der Waals surface area contributed by atoms with Crippen LogP contribution >= 0.6 is 0 Å². The Bertz CT molecular complexity index is 569. The van der Waals surface area contributed by atoms with Gasteiger partial charge in [0.25, 0.3) is 0 Å². The van der Waals surface area contributed by atoms with Crippen LogP contribution in [-0.4, -0.2) is 41.3 Å². The van der Waals surface area contributed by atoms with Crippen molar-refractivity contribution in [1.82, 2.24) is 9.80 Å². The van der Waals surface area contributed by atoms with Gasteiger partial charge in [0.1, 0.15) is 6.54 Å². The molecule has 18 heavy (non-hydrogen) atoms. The van der Waals surface area contributed by atoms with E-state index in [1.807, 2.05) is 0 Å². The summed E-state index contributed by atoms with van der Waals surface area (Å²) >= 11 is 0. The molecule has 1 aromatic carbocycles. The molecule has 0 aliphatic carbocycles. The van der Waals surface area contributed by atoms with Gasteiger partial charge in [-0.3, -0.25) is 14.6 Å². The zero-order valence-corrected chi connectivity index (χ0v) is 9.62. The molecule has 2 aliphatic rings. The van der Waals surface area contributed by atoms with Crippen molar-refractivity contribution >= 4 is 17.9 Å². The Balaban J connectivity index is 1.99. The normalized spacial score (nSPS) is 22.5. The molecule has 1 aromatic rings. The highest BCUT2D eigenvalue weighted by Crippen LogP contribution is 2.34. The summed E-state index contributed by atoms with van der Waals surface area (Å²) in [6, 6.07) is 6.41. The fraction of sp³-hybridized carbons (Fsp3) is 0.250. The minimum absolute atomic E-state index is 0.0678. The number of carbonyl (C=O) groups excluding carboxylic acids is 3. The van der Waals surface area contributed by atoms with Gasteiger partial charge in [0, 0.05) is 12.6 Å². The molecular weight excluding hydrogens is 236 g/mol. The average molecular weight is 246 g/mol. The molecule has 3 amide bonds. The molecule has 0 aromatic heterocycles. The van der Waals surface area contributed by atoms with Crippen molar-refractivity contribution in [3.8, 4) is 0 Å². The minimum Gasteiger partial charge on any atom is -0.433 e. The maximum Gasteiger partial charge on any atom is 0.340 e. The Labute approximate surface area is 103 Å². The van der Waals surface area contributed by atoms with E-state index in [1.54, 1.807) is 24.3 Å². The minimum atomic E-state index is -0.796. The van der Waals surface area contributed by atoms with Crippen LogP contribution in [-0.2, 0) is 9.53 Å². The predicted molar refractivity (Wildman–Crippen MR) is 59.5 cm³/mol. The number of hydrogen-bond donors (Lipinski definition) is 0. The lowest BCUT2D eigenvalue weighted by Gasteiger charge is -2.21. The highest BCUT2D eigenvalue weighted by Gasteiger charge is 2.44. The van der Waals surface area contributed by atoms with Gasteiger partial charge in [-0.25, -0.2) is 9.59 Å². The number of cyclic esters (lactones) is 1. The van der Waals surface area contributed by atoms with Gasteiger partial charge in [-0.05, 0) is 6.07 Å². The number of ether oxygens (including phenoxy) is 1. The number of benzene rings is 1. The van der Waals surface area contributed by atoms with Crippen LogP contribution in [0.15, 0.2) is 24.3 Å². The first-order valence-electron chi connectivity index (χ1n) is 5.46. The monoisotopic (exact) mass is 246 g/mol. The third kappa shape index (κ3) is 1.32. The van der Waals surface area contributed by atoms with Crippen molar-refractivity contribution < 1.29 is 19.1 Å². The third-order valence-corrected chi connectivity index (χ3v) is 3.16. The van der Waals surface area contributed by atoms with Crippen molar-refractivity contribution in [2.24, 2.45) is 0 Å². The molecule has 0 N–H and O–H groups in total. The maximum atomic E-state index is 11.9. The van der Waals surface area contributed by atoms with Crippen molar-refractivity contribution in [2.45, 2.75) is 6.23 Å². The standard InChI is InChI=1S/C12H10N2O4/c1-13-9(15)6-14(12(13)17)10-7-4-2-3-5-8(7)11(16)18-10/h2-5,10H,6H2,1H3/t10-/m0/s1. The zero-order chi connectivity index (χ0) is 12.9. The summed E-state index contributed by atoms with van der Waals surface area (Å²) in [6.45, 7) is -0.0678. The van der Waals surface area contributed by atoms with Gasteiger partial charge in [0.05, 0.1) is 5.56 Å². The summed E-state index contributed by atoms with van der Waals surface area (Å²) in [6.07, 6.45) is -0.796. The van der Waals surface area contributed by atoms with Crippen molar-refractivity contribution in [3.63, 3.8) is 0 Å². The summed E-state index contributed by atoms with van der Waals surface area (Å²) in [5.41, 5.74) is 1.07. The summed E-state index contributed by atoms with van der Waals surface area (Å²) in [5.74, 6) is -0.772. The quantitative estimate of drug-likeness (QED) is 0.541. The zero-order valence-electron chi connectivity index (χ0n) is 9.62. The first-order chi connectivity index (χ1) is 8.59. The van der Waals surface area contributed by atoms with Gasteiger partial charge in [-0.1, -0.05) is 18.2 Å². The number of rotatable bonds is 1. The number of imide groups is 1. The topological polar surface area (TPSA) is 66.9 Å². The van der Waals surface area contributed by atoms with E-state index in [9.17, 15) is 14.4 Å². The lowest BCUT2D eigenvalue weighted by Crippen LogP contribution is -2.33. The van der Waals surface area contributed by atoms with Gasteiger partial charge in [-0.2, -0.15) is 0 Å². The molecule has 1 fully saturated rings. The molecule has 0 bridgehead atoms. The van der Waals surface area contributed by atoms with E-state index in [0.29, 0.717) is 11.1 Å². The number of urea groups is 1. The molecule has 6 nitrogen and oxygen atoms in total. The molecule has 92 valence electrons. The molecule has 6 heteroatoms. The van der Waals surface area contributed by atoms with Crippen molar-refractivity contribution in [3.05, 3.63) is 35.4 Å². The largest absolute Gasteiger partial charge is 0.433 e. The fourth-order valence-electron chi connectivity index (χ4n) is 2.16. The van der Waals surface area contributed by atoms with E-state index in [2.05, 4.69) is 0 Å². The Morgan fingerprint density at radius 1 is 1.22 bits per heavy atom. The highest BCUT2D eigenvalue weighted by atomic mass is 16.6. The average Bonchev–Trinajstić information content (AvgIpc) is 2.83. The SMILES string of the molecule is CN1C(=O)CN([C@H]2OC(=O)c3ccccc32)C1=O. The second kappa shape index (κ2) is 3.56.